The summed E-state index contributed by atoms with van der Waals surface area (Å²) in [5, 5.41) is 9.00. The number of rotatable bonds is 5. The van der Waals surface area contributed by atoms with Gasteiger partial charge in [0.15, 0.2) is 0 Å². The van der Waals surface area contributed by atoms with E-state index in [1.807, 2.05) is 20.1 Å². The highest BCUT2D eigenvalue weighted by Crippen LogP contribution is 2.17. The molecule has 0 amide bonds. The van der Waals surface area contributed by atoms with Crippen LogP contribution in [0.25, 0.3) is 0 Å². The van der Waals surface area contributed by atoms with E-state index in [1.54, 1.807) is 11.8 Å². The minimum Gasteiger partial charge on any atom is -0.478 e. The molecule has 4 nitrogen and oxygen atoms in total. The molecule has 0 radical (unpaired) electrons. The van der Waals surface area contributed by atoms with Gasteiger partial charge in [0.25, 0.3) is 0 Å². The molecule has 16 heavy (non-hydrogen) atoms. The van der Waals surface area contributed by atoms with Crippen molar-refractivity contribution in [3.63, 3.8) is 0 Å². The van der Waals surface area contributed by atoms with E-state index in [0.29, 0.717) is 5.69 Å². The highest BCUT2D eigenvalue weighted by Gasteiger charge is 2.15. The van der Waals surface area contributed by atoms with Crippen molar-refractivity contribution in [2.45, 2.75) is 26.2 Å². The van der Waals surface area contributed by atoms with Gasteiger partial charge in [0.2, 0.25) is 0 Å². The number of aromatic nitrogens is 2. The third-order valence-electron chi connectivity index (χ3n) is 2.18. The Hall–Kier alpha value is -1.10. The van der Waals surface area contributed by atoms with Crippen LogP contribution in [0, 0.1) is 0 Å². The number of carboxylic acids is 1. The Bertz CT molecular complexity index is 380. The van der Waals surface area contributed by atoms with E-state index in [-0.39, 0.29) is 11.5 Å². The van der Waals surface area contributed by atoms with Crippen LogP contribution in [0.15, 0.2) is 6.20 Å². The molecule has 0 spiro atoms. The third kappa shape index (κ3) is 3.20. The smallest absolute Gasteiger partial charge is 0.339 e. The van der Waals surface area contributed by atoms with Crippen molar-refractivity contribution in [2.75, 3.05) is 12.0 Å². The summed E-state index contributed by atoms with van der Waals surface area (Å²) >= 11 is 1.72. The molecule has 5 heteroatoms. The minimum atomic E-state index is -0.958. The van der Waals surface area contributed by atoms with E-state index in [1.165, 1.54) is 6.20 Å². The van der Waals surface area contributed by atoms with Gasteiger partial charge >= 0.3 is 5.97 Å². The van der Waals surface area contributed by atoms with Gasteiger partial charge in [-0.3, -0.25) is 0 Å². The molecule has 0 saturated carbocycles. The number of thioether (sulfide) groups is 1. The van der Waals surface area contributed by atoms with Crippen molar-refractivity contribution in [1.82, 2.24) is 9.97 Å². The minimum absolute atomic E-state index is 0.0992. The van der Waals surface area contributed by atoms with E-state index >= 15 is 0 Å². The summed E-state index contributed by atoms with van der Waals surface area (Å²) in [5.74, 6) is 0.814. The molecule has 1 aromatic rings. The Morgan fingerprint density at radius 2 is 2.25 bits per heavy atom. The predicted molar refractivity (Wildman–Crippen MR) is 65.2 cm³/mol. The lowest BCUT2D eigenvalue weighted by Gasteiger charge is -2.09. The number of carbonyl (C=O) groups is 1. The summed E-state index contributed by atoms with van der Waals surface area (Å²) in [6, 6.07) is 0. The zero-order chi connectivity index (χ0) is 12.1. The lowest BCUT2D eigenvalue weighted by molar-refractivity contribution is 0.0694. The van der Waals surface area contributed by atoms with Gasteiger partial charge in [-0.25, -0.2) is 14.8 Å². The van der Waals surface area contributed by atoms with Gasteiger partial charge in [0.05, 0.1) is 11.3 Å². The van der Waals surface area contributed by atoms with Crippen LogP contribution in [0.2, 0.25) is 0 Å². The van der Waals surface area contributed by atoms with Gasteiger partial charge in [-0.15, -0.1) is 0 Å². The van der Waals surface area contributed by atoms with E-state index in [9.17, 15) is 4.79 Å². The fourth-order valence-electron chi connectivity index (χ4n) is 1.35. The SMILES string of the molecule is CSCCc1ncc(C(=O)O)c(C(C)C)n1. The molecular formula is C11H16N2O2S. The summed E-state index contributed by atoms with van der Waals surface area (Å²) in [4.78, 5) is 19.4. The average molecular weight is 240 g/mol. The Morgan fingerprint density at radius 1 is 1.56 bits per heavy atom. The number of hydrogen-bond acceptors (Lipinski definition) is 4. The fourth-order valence-corrected chi connectivity index (χ4v) is 1.74. The summed E-state index contributed by atoms with van der Waals surface area (Å²) in [7, 11) is 0. The standard InChI is InChI=1S/C11H16N2O2S/c1-7(2)10-8(11(14)15)6-12-9(13-10)4-5-16-3/h6-7H,4-5H2,1-3H3,(H,14,15). The lowest BCUT2D eigenvalue weighted by Crippen LogP contribution is -2.10. The molecular weight excluding hydrogens is 224 g/mol. The predicted octanol–water partition coefficient (Wildman–Crippen LogP) is 2.20. The second-order valence-corrected chi connectivity index (χ2v) is 4.77. The van der Waals surface area contributed by atoms with E-state index < -0.39 is 5.97 Å². The second-order valence-electron chi connectivity index (χ2n) is 3.79. The van der Waals surface area contributed by atoms with Crippen LogP contribution in [-0.2, 0) is 6.42 Å². The van der Waals surface area contributed by atoms with Gasteiger partial charge < -0.3 is 5.11 Å². The summed E-state index contributed by atoms with van der Waals surface area (Å²) in [6.45, 7) is 3.88. The second kappa shape index (κ2) is 5.84. The molecule has 1 rings (SSSR count). The van der Waals surface area contributed by atoms with Gasteiger partial charge in [-0.2, -0.15) is 11.8 Å². The maximum Gasteiger partial charge on any atom is 0.339 e. The molecule has 0 aliphatic heterocycles. The molecule has 1 aromatic heterocycles. The van der Waals surface area contributed by atoms with Crippen molar-refractivity contribution in [3.05, 3.63) is 23.3 Å². The molecule has 0 fully saturated rings. The lowest BCUT2D eigenvalue weighted by atomic mass is 10.1. The Labute approximate surface area is 99.5 Å². The average Bonchev–Trinajstić information content (AvgIpc) is 2.25. The first-order valence-corrected chi connectivity index (χ1v) is 6.53. The zero-order valence-electron chi connectivity index (χ0n) is 9.73. The highest BCUT2D eigenvalue weighted by atomic mass is 32.2. The largest absolute Gasteiger partial charge is 0.478 e. The van der Waals surface area contributed by atoms with Crippen molar-refractivity contribution < 1.29 is 9.90 Å². The summed E-state index contributed by atoms with van der Waals surface area (Å²) in [5.41, 5.74) is 0.835. The van der Waals surface area contributed by atoms with E-state index in [2.05, 4.69) is 9.97 Å². The maximum atomic E-state index is 11.0. The van der Waals surface area contributed by atoms with E-state index in [0.717, 1.165) is 18.0 Å². The van der Waals surface area contributed by atoms with Gasteiger partial charge in [0.1, 0.15) is 5.82 Å². The number of nitrogens with zero attached hydrogens (tertiary/aromatic N) is 2. The van der Waals surface area contributed by atoms with Crippen LogP contribution < -0.4 is 0 Å². The Morgan fingerprint density at radius 3 is 2.75 bits per heavy atom. The van der Waals surface area contributed by atoms with Crippen LogP contribution in [0.3, 0.4) is 0 Å². The van der Waals surface area contributed by atoms with Crippen LogP contribution in [0.5, 0.6) is 0 Å². The highest BCUT2D eigenvalue weighted by molar-refractivity contribution is 7.98. The van der Waals surface area contributed by atoms with Crippen molar-refractivity contribution in [1.29, 1.82) is 0 Å². The molecule has 0 atom stereocenters. The molecule has 1 heterocycles. The van der Waals surface area contributed by atoms with Crippen molar-refractivity contribution in [2.24, 2.45) is 0 Å². The molecule has 0 aliphatic carbocycles. The normalized spacial score (nSPS) is 10.8. The molecule has 0 aromatic carbocycles. The Kier molecular flexibility index (Phi) is 4.73. The molecule has 88 valence electrons. The molecule has 0 bridgehead atoms. The van der Waals surface area contributed by atoms with Crippen LogP contribution in [0.1, 0.15) is 41.6 Å². The monoisotopic (exact) mass is 240 g/mol. The zero-order valence-corrected chi connectivity index (χ0v) is 10.5. The number of carboxylic acid groups (broad SMARTS) is 1. The number of aromatic carboxylic acids is 1. The quantitative estimate of drug-likeness (QED) is 0.854. The fraction of sp³-hybridized carbons (Fsp3) is 0.545. The van der Waals surface area contributed by atoms with Crippen molar-refractivity contribution in [3.8, 4) is 0 Å². The van der Waals surface area contributed by atoms with E-state index in [4.69, 9.17) is 5.11 Å². The Balaban J connectivity index is 3.02. The third-order valence-corrected chi connectivity index (χ3v) is 2.79. The number of hydrogen-bond donors (Lipinski definition) is 1. The van der Waals surface area contributed by atoms with Gasteiger partial charge in [0, 0.05) is 18.4 Å². The first kappa shape index (κ1) is 13.0. The first-order chi connectivity index (χ1) is 7.56. The molecule has 0 unspecified atom stereocenters. The summed E-state index contributed by atoms with van der Waals surface area (Å²) < 4.78 is 0. The molecule has 1 N–H and O–H groups in total. The molecule has 0 saturated heterocycles. The van der Waals surface area contributed by atoms with Crippen LogP contribution >= 0.6 is 11.8 Å². The summed E-state index contributed by atoms with van der Waals surface area (Å²) in [6.07, 6.45) is 4.22. The van der Waals surface area contributed by atoms with Gasteiger partial charge in [-0.05, 0) is 12.2 Å². The topological polar surface area (TPSA) is 63.1 Å². The van der Waals surface area contributed by atoms with Gasteiger partial charge in [-0.1, -0.05) is 13.8 Å². The number of aryl methyl sites for hydroxylation is 1. The van der Waals surface area contributed by atoms with Crippen LogP contribution in [-0.4, -0.2) is 33.1 Å². The first-order valence-electron chi connectivity index (χ1n) is 5.14. The van der Waals surface area contributed by atoms with Crippen molar-refractivity contribution >= 4 is 17.7 Å². The van der Waals surface area contributed by atoms with Crippen LogP contribution in [0.4, 0.5) is 0 Å². The molecule has 0 aliphatic rings. The maximum absolute atomic E-state index is 11.0.